The van der Waals surface area contributed by atoms with Crippen LogP contribution in [0.5, 0.6) is 11.5 Å². The maximum Gasteiger partial charge on any atom is 0.191 e. The standard InChI is InChI=1S/C23H37N3O3/c1-24-22(26-17-23(12-7-13-23)14-15-27-2)25-16-18-8-6-11-20(28-3)21(18)29-19-9-4-5-10-19/h6,8,11,19H,4-5,7,9-10,12-17H2,1-3H3,(H2,24,25,26). The molecule has 0 radical (unpaired) electrons. The lowest BCUT2D eigenvalue weighted by atomic mass is 9.67. The molecule has 0 amide bonds. The van der Waals surface area contributed by atoms with Crippen LogP contribution in [0, 0.1) is 5.41 Å². The van der Waals surface area contributed by atoms with E-state index in [0.717, 1.165) is 55.4 Å². The average molecular weight is 404 g/mol. The molecule has 3 rings (SSSR count). The number of hydrogen-bond donors (Lipinski definition) is 2. The minimum atomic E-state index is 0.293. The number of para-hydroxylation sites is 1. The van der Waals surface area contributed by atoms with Crippen LogP contribution >= 0.6 is 0 Å². The van der Waals surface area contributed by atoms with E-state index in [1.807, 2.05) is 19.2 Å². The minimum absolute atomic E-state index is 0.293. The summed E-state index contributed by atoms with van der Waals surface area (Å²) in [4.78, 5) is 4.41. The van der Waals surface area contributed by atoms with Crippen LogP contribution in [0.1, 0.15) is 56.9 Å². The Kier molecular flexibility index (Phi) is 8.04. The lowest BCUT2D eigenvalue weighted by molar-refractivity contribution is 0.0732. The first-order valence-electron chi connectivity index (χ1n) is 11.0. The summed E-state index contributed by atoms with van der Waals surface area (Å²) >= 11 is 0. The number of benzene rings is 1. The van der Waals surface area contributed by atoms with Gasteiger partial charge in [-0.2, -0.15) is 0 Å². The molecule has 6 nitrogen and oxygen atoms in total. The lowest BCUT2D eigenvalue weighted by Crippen LogP contribution is -2.46. The summed E-state index contributed by atoms with van der Waals surface area (Å²) in [5.74, 6) is 2.48. The molecule has 2 aliphatic carbocycles. The Morgan fingerprint density at radius 3 is 2.55 bits per heavy atom. The van der Waals surface area contributed by atoms with Crippen molar-refractivity contribution in [2.75, 3.05) is 34.4 Å². The molecular formula is C23H37N3O3. The van der Waals surface area contributed by atoms with Gasteiger partial charge in [0.1, 0.15) is 0 Å². The molecule has 2 saturated carbocycles. The van der Waals surface area contributed by atoms with Gasteiger partial charge in [0.25, 0.3) is 0 Å². The Morgan fingerprint density at radius 2 is 1.93 bits per heavy atom. The number of rotatable bonds is 10. The van der Waals surface area contributed by atoms with Crippen LogP contribution in [-0.4, -0.2) is 46.5 Å². The summed E-state index contributed by atoms with van der Waals surface area (Å²) in [5, 5.41) is 6.98. The predicted octanol–water partition coefficient (Wildman–Crippen LogP) is 3.89. The number of ether oxygens (including phenoxy) is 3. The normalized spacial score (nSPS) is 18.9. The van der Waals surface area contributed by atoms with Gasteiger partial charge < -0.3 is 24.8 Å². The summed E-state index contributed by atoms with van der Waals surface area (Å²) in [6.07, 6.45) is 9.96. The molecule has 0 atom stereocenters. The van der Waals surface area contributed by atoms with Crippen molar-refractivity contribution in [2.24, 2.45) is 10.4 Å². The highest BCUT2D eigenvalue weighted by molar-refractivity contribution is 5.79. The van der Waals surface area contributed by atoms with Crippen molar-refractivity contribution in [2.45, 2.75) is 64.0 Å². The van der Waals surface area contributed by atoms with E-state index in [1.54, 1.807) is 14.2 Å². The zero-order valence-electron chi connectivity index (χ0n) is 18.3. The van der Waals surface area contributed by atoms with Gasteiger partial charge in [0.15, 0.2) is 17.5 Å². The van der Waals surface area contributed by atoms with Crippen LogP contribution in [0.3, 0.4) is 0 Å². The molecule has 2 N–H and O–H groups in total. The van der Waals surface area contributed by atoms with Gasteiger partial charge in [0, 0.05) is 39.4 Å². The molecule has 0 aromatic heterocycles. The lowest BCUT2D eigenvalue weighted by Gasteiger charge is -2.42. The molecule has 0 heterocycles. The van der Waals surface area contributed by atoms with E-state index < -0.39 is 0 Å². The van der Waals surface area contributed by atoms with Gasteiger partial charge >= 0.3 is 0 Å². The monoisotopic (exact) mass is 403 g/mol. The van der Waals surface area contributed by atoms with Crippen LogP contribution in [0.15, 0.2) is 23.2 Å². The van der Waals surface area contributed by atoms with Crippen LogP contribution < -0.4 is 20.1 Å². The Balaban J connectivity index is 1.58. The summed E-state index contributed by atoms with van der Waals surface area (Å²) < 4.78 is 17.2. The van der Waals surface area contributed by atoms with Gasteiger partial charge in [-0.15, -0.1) is 0 Å². The van der Waals surface area contributed by atoms with Gasteiger partial charge in [0.2, 0.25) is 0 Å². The Labute approximate surface area is 175 Å². The molecule has 0 unspecified atom stereocenters. The van der Waals surface area contributed by atoms with E-state index in [2.05, 4.69) is 21.7 Å². The van der Waals surface area contributed by atoms with Gasteiger partial charge in [-0.05, 0) is 56.4 Å². The Bertz CT molecular complexity index is 667. The van der Waals surface area contributed by atoms with Crippen LogP contribution in [0.25, 0.3) is 0 Å². The topological polar surface area (TPSA) is 64.1 Å². The molecule has 0 saturated heterocycles. The van der Waals surface area contributed by atoms with E-state index in [4.69, 9.17) is 14.2 Å². The summed E-state index contributed by atoms with van der Waals surface area (Å²) in [7, 11) is 5.30. The molecule has 0 aliphatic heterocycles. The minimum Gasteiger partial charge on any atom is -0.493 e. The molecular weight excluding hydrogens is 366 g/mol. The number of methoxy groups -OCH3 is 2. The predicted molar refractivity (Wildman–Crippen MR) is 117 cm³/mol. The smallest absolute Gasteiger partial charge is 0.191 e. The second-order valence-corrected chi connectivity index (χ2v) is 8.35. The van der Waals surface area contributed by atoms with Crippen molar-refractivity contribution in [3.63, 3.8) is 0 Å². The fraction of sp³-hybridized carbons (Fsp3) is 0.696. The van der Waals surface area contributed by atoms with Crippen molar-refractivity contribution < 1.29 is 14.2 Å². The van der Waals surface area contributed by atoms with E-state index in [1.165, 1.54) is 32.1 Å². The highest BCUT2D eigenvalue weighted by atomic mass is 16.5. The number of hydrogen-bond acceptors (Lipinski definition) is 4. The first-order chi connectivity index (χ1) is 14.2. The number of nitrogens with one attached hydrogen (secondary N) is 2. The fourth-order valence-corrected chi connectivity index (χ4v) is 4.35. The third-order valence-electron chi connectivity index (χ3n) is 6.42. The molecule has 1 aromatic carbocycles. The number of aliphatic imine (C=N–C) groups is 1. The quantitative estimate of drug-likeness (QED) is 0.458. The van der Waals surface area contributed by atoms with E-state index in [-0.39, 0.29) is 0 Å². The maximum absolute atomic E-state index is 6.34. The van der Waals surface area contributed by atoms with Gasteiger partial charge in [-0.25, -0.2) is 0 Å². The molecule has 162 valence electrons. The second kappa shape index (κ2) is 10.7. The first kappa shape index (κ1) is 21.8. The van der Waals surface area contributed by atoms with Crippen molar-refractivity contribution in [3.05, 3.63) is 23.8 Å². The van der Waals surface area contributed by atoms with Crippen LogP contribution in [0.2, 0.25) is 0 Å². The van der Waals surface area contributed by atoms with Gasteiger partial charge in [0.05, 0.1) is 13.2 Å². The molecule has 29 heavy (non-hydrogen) atoms. The van der Waals surface area contributed by atoms with Gasteiger partial charge in [-0.1, -0.05) is 18.6 Å². The highest BCUT2D eigenvalue weighted by Gasteiger charge is 2.36. The van der Waals surface area contributed by atoms with Crippen molar-refractivity contribution in [3.8, 4) is 11.5 Å². The average Bonchev–Trinajstić information content (AvgIpc) is 3.23. The number of nitrogens with zero attached hydrogens (tertiary/aromatic N) is 1. The fourth-order valence-electron chi connectivity index (χ4n) is 4.35. The van der Waals surface area contributed by atoms with E-state index in [9.17, 15) is 0 Å². The second-order valence-electron chi connectivity index (χ2n) is 8.35. The summed E-state index contributed by atoms with van der Waals surface area (Å²) in [6.45, 7) is 2.39. The summed E-state index contributed by atoms with van der Waals surface area (Å²) in [5.41, 5.74) is 1.44. The van der Waals surface area contributed by atoms with Crippen LogP contribution in [0.4, 0.5) is 0 Å². The third-order valence-corrected chi connectivity index (χ3v) is 6.42. The zero-order valence-corrected chi connectivity index (χ0v) is 18.3. The third kappa shape index (κ3) is 5.78. The zero-order chi connectivity index (χ0) is 20.5. The first-order valence-corrected chi connectivity index (χ1v) is 11.0. The van der Waals surface area contributed by atoms with E-state index >= 15 is 0 Å². The van der Waals surface area contributed by atoms with Gasteiger partial charge in [-0.3, -0.25) is 4.99 Å². The SMILES string of the molecule is CN=C(NCc1cccc(OC)c1OC1CCCC1)NCC1(CCOC)CCC1. The molecule has 1 aromatic rings. The highest BCUT2D eigenvalue weighted by Crippen LogP contribution is 2.43. The maximum atomic E-state index is 6.34. The Morgan fingerprint density at radius 1 is 1.14 bits per heavy atom. The number of guanidine groups is 1. The molecule has 0 bridgehead atoms. The van der Waals surface area contributed by atoms with E-state index in [0.29, 0.717) is 18.1 Å². The molecule has 0 spiro atoms. The van der Waals surface area contributed by atoms with Crippen molar-refractivity contribution in [1.29, 1.82) is 0 Å². The Hall–Kier alpha value is -1.95. The molecule has 6 heteroatoms. The van der Waals surface area contributed by atoms with Crippen molar-refractivity contribution >= 4 is 5.96 Å². The summed E-state index contributed by atoms with van der Waals surface area (Å²) in [6, 6.07) is 6.08. The molecule has 2 aliphatic rings. The molecule has 2 fully saturated rings. The van der Waals surface area contributed by atoms with Crippen LogP contribution in [-0.2, 0) is 11.3 Å². The van der Waals surface area contributed by atoms with Crippen molar-refractivity contribution in [1.82, 2.24) is 10.6 Å². The largest absolute Gasteiger partial charge is 0.493 e.